The summed E-state index contributed by atoms with van der Waals surface area (Å²) in [5, 5.41) is 9.82. The molecule has 2 unspecified atom stereocenters. The smallest absolute Gasteiger partial charge is 0.221 e. The van der Waals surface area contributed by atoms with Gasteiger partial charge >= 0.3 is 0 Å². The van der Waals surface area contributed by atoms with Gasteiger partial charge in [-0.2, -0.15) is 0 Å². The molecule has 142 valence electrons. The van der Waals surface area contributed by atoms with E-state index in [1.54, 1.807) is 0 Å². The van der Waals surface area contributed by atoms with E-state index < -0.39 is 0 Å². The summed E-state index contributed by atoms with van der Waals surface area (Å²) < 4.78 is 0. The van der Waals surface area contributed by atoms with Crippen LogP contribution in [0.1, 0.15) is 59.3 Å². The Bertz CT molecular complexity index is 326. The molecule has 3 aliphatic heterocycles. The van der Waals surface area contributed by atoms with E-state index in [-0.39, 0.29) is 11.8 Å². The van der Waals surface area contributed by atoms with Gasteiger partial charge in [0.15, 0.2) is 0 Å². The van der Waals surface area contributed by atoms with Crippen LogP contribution in [0.5, 0.6) is 0 Å². The van der Waals surface area contributed by atoms with E-state index in [0.29, 0.717) is 5.41 Å². The lowest BCUT2D eigenvalue weighted by Crippen LogP contribution is -2.37. The summed E-state index contributed by atoms with van der Waals surface area (Å²) in [6, 6.07) is 0. The van der Waals surface area contributed by atoms with E-state index in [0.717, 1.165) is 31.8 Å². The number of nitrogens with one attached hydrogen (secondary N) is 3. The number of primary amides is 1. The predicted molar refractivity (Wildman–Crippen MR) is 102 cm³/mol. The fraction of sp³-hybridized carbons (Fsp3) is 0.947. The molecule has 2 atom stereocenters. The lowest BCUT2D eigenvalue weighted by atomic mass is 9.85. The molecule has 3 saturated heterocycles. The maximum absolute atomic E-state index is 10.5. The quantitative estimate of drug-likeness (QED) is 0.588. The molecular weight excluding hydrogens is 300 g/mol. The monoisotopic (exact) mass is 340 g/mol. The van der Waals surface area contributed by atoms with Gasteiger partial charge in [0.2, 0.25) is 5.91 Å². The molecule has 5 N–H and O–H groups in total. The second kappa shape index (κ2) is 11.8. The van der Waals surface area contributed by atoms with Crippen LogP contribution in [0, 0.1) is 17.3 Å². The van der Waals surface area contributed by atoms with Crippen molar-refractivity contribution in [3.05, 3.63) is 0 Å². The highest BCUT2D eigenvalue weighted by Crippen LogP contribution is 2.23. The van der Waals surface area contributed by atoms with Crippen molar-refractivity contribution < 1.29 is 4.79 Å². The first-order valence-electron chi connectivity index (χ1n) is 9.82. The Morgan fingerprint density at radius 2 is 1.58 bits per heavy atom. The third-order valence-corrected chi connectivity index (χ3v) is 5.05. The molecule has 0 aromatic carbocycles. The second-order valence-electron chi connectivity index (χ2n) is 8.34. The second-order valence-corrected chi connectivity index (χ2v) is 8.34. The van der Waals surface area contributed by atoms with Gasteiger partial charge in [-0.1, -0.05) is 20.8 Å². The van der Waals surface area contributed by atoms with E-state index in [1.165, 1.54) is 51.9 Å². The molecule has 0 aliphatic carbocycles. The van der Waals surface area contributed by atoms with Gasteiger partial charge in [-0.05, 0) is 76.0 Å². The molecule has 0 bridgehead atoms. The fourth-order valence-electron chi connectivity index (χ4n) is 3.33. The Hall–Kier alpha value is -0.650. The van der Waals surface area contributed by atoms with E-state index in [4.69, 9.17) is 5.73 Å². The summed E-state index contributed by atoms with van der Waals surface area (Å²) in [4.78, 5) is 10.5. The highest BCUT2D eigenvalue weighted by molar-refractivity contribution is 5.76. The Morgan fingerprint density at radius 3 is 1.83 bits per heavy atom. The summed E-state index contributed by atoms with van der Waals surface area (Å²) in [5.41, 5.74) is 5.66. The lowest BCUT2D eigenvalue weighted by molar-refractivity contribution is -0.122. The molecule has 0 aromatic heterocycles. The van der Waals surface area contributed by atoms with Crippen LogP contribution in [0.25, 0.3) is 0 Å². The molecule has 0 spiro atoms. The number of nitrogens with two attached hydrogens (primary N) is 1. The van der Waals surface area contributed by atoms with Gasteiger partial charge in [-0.25, -0.2) is 0 Å². The van der Waals surface area contributed by atoms with E-state index in [9.17, 15) is 4.79 Å². The molecule has 1 amide bonds. The van der Waals surface area contributed by atoms with Gasteiger partial charge in [0.1, 0.15) is 0 Å². The summed E-state index contributed by atoms with van der Waals surface area (Å²) in [5.74, 6) is 0.842. The van der Waals surface area contributed by atoms with Crippen LogP contribution in [-0.4, -0.2) is 45.2 Å². The SMILES string of the molecule is CC1(C)CCCNC1.CC1CCCNC1.NC(=O)C1CCCNC1. The Balaban J connectivity index is 0.000000181. The number of carbonyl (C=O) groups excluding carboxylic acids is 1. The van der Waals surface area contributed by atoms with Gasteiger partial charge in [0, 0.05) is 13.1 Å². The maximum Gasteiger partial charge on any atom is 0.221 e. The van der Waals surface area contributed by atoms with Crippen LogP contribution in [0.4, 0.5) is 0 Å². The average molecular weight is 341 g/mol. The number of carbonyl (C=O) groups is 1. The first kappa shape index (κ1) is 21.4. The fourth-order valence-corrected chi connectivity index (χ4v) is 3.33. The predicted octanol–water partition coefficient (Wildman–Crippen LogP) is 1.87. The van der Waals surface area contributed by atoms with Crippen molar-refractivity contribution in [2.75, 3.05) is 39.3 Å². The number of amides is 1. The molecular formula is C19H40N4O. The van der Waals surface area contributed by atoms with Crippen molar-refractivity contribution in [1.29, 1.82) is 0 Å². The third kappa shape index (κ3) is 10.3. The molecule has 3 aliphatic rings. The molecule has 0 aromatic rings. The zero-order valence-corrected chi connectivity index (χ0v) is 16.1. The molecule has 0 saturated carbocycles. The molecule has 5 nitrogen and oxygen atoms in total. The highest BCUT2D eigenvalue weighted by atomic mass is 16.1. The number of hydrogen-bond donors (Lipinski definition) is 4. The normalized spacial score (nSPS) is 29.3. The van der Waals surface area contributed by atoms with Crippen LogP contribution >= 0.6 is 0 Å². The minimum Gasteiger partial charge on any atom is -0.369 e. The number of hydrogen-bond acceptors (Lipinski definition) is 4. The third-order valence-electron chi connectivity index (χ3n) is 5.05. The van der Waals surface area contributed by atoms with E-state index in [2.05, 4.69) is 36.7 Å². The van der Waals surface area contributed by atoms with Crippen molar-refractivity contribution in [1.82, 2.24) is 16.0 Å². The zero-order chi connectivity index (χ0) is 17.8. The van der Waals surface area contributed by atoms with E-state index in [1.807, 2.05) is 0 Å². The molecule has 3 rings (SSSR count). The topological polar surface area (TPSA) is 79.2 Å². The minimum absolute atomic E-state index is 0.0822. The number of piperidine rings is 3. The summed E-state index contributed by atoms with van der Waals surface area (Å²) >= 11 is 0. The summed E-state index contributed by atoms with van der Waals surface area (Å²) in [6.07, 6.45) is 7.58. The van der Waals surface area contributed by atoms with Crippen molar-refractivity contribution in [2.24, 2.45) is 23.0 Å². The number of rotatable bonds is 1. The van der Waals surface area contributed by atoms with Crippen LogP contribution < -0.4 is 21.7 Å². The van der Waals surface area contributed by atoms with Crippen LogP contribution in [-0.2, 0) is 4.79 Å². The van der Waals surface area contributed by atoms with Gasteiger partial charge < -0.3 is 21.7 Å². The van der Waals surface area contributed by atoms with Crippen LogP contribution in [0.3, 0.4) is 0 Å². The average Bonchev–Trinajstić information content (AvgIpc) is 2.57. The van der Waals surface area contributed by atoms with Gasteiger partial charge in [-0.3, -0.25) is 4.79 Å². The van der Waals surface area contributed by atoms with Gasteiger partial charge in [0.25, 0.3) is 0 Å². The zero-order valence-electron chi connectivity index (χ0n) is 16.1. The Morgan fingerprint density at radius 1 is 0.958 bits per heavy atom. The van der Waals surface area contributed by atoms with Crippen LogP contribution in [0.15, 0.2) is 0 Å². The van der Waals surface area contributed by atoms with Crippen molar-refractivity contribution in [3.63, 3.8) is 0 Å². The van der Waals surface area contributed by atoms with E-state index >= 15 is 0 Å². The maximum atomic E-state index is 10.5. The Kier molecular flexibility index (Phi) is 10.5. The largest absolute Gasteiger partial charge is 0.369 e. The van der Waals surface area contributed by atoms with Crippen LogP contribution in [0.2, 0.25) is 0 Å². The highest BCUT2D eigenvalue weighted by Gasteiger charge is 2.19. The van der Waals surface area contributed by atoms with Gasteiger partial charge in [0.05, 0.1) is 5.92 Å². The van der Waals surface area contributed by atoms with Gasteiger partial charge in [-0.15, -0.1) is 0 Å². The Labute approximate surface area is 148 Å². The van der Waals surface area contributed by atoms with Crippen molar-refractivity contribution in [2.45, 2.75) is 59.3 Å². The first-order valence-corrected chi connectivity index (χ1v) is 9.82. The molecule has 3 fully saturated rings. The summed E-state index contributed by atoms with van der Waals surface area (Å²) in [6.45, 7) is 13.6. The lowest BCUT2D eigenvalue weighted by Gasteiger charge is -2.29. The molecule has 5 heteroatoms. The van der Waals surface area contributed by atoms with Crippen molar-refractivity contribution >= 4 is 5.91 Å². The van der Waals surface area contributed by atoms with Crippen molar-refractivity contribution in [3.8, 4) is 0 Å². The first-order chi connectivity index (χ1) is 11.4. The standard InChI is InChI=1S/C7H15N.C6H12N2O.C6H13N/c1-7(2)4-3-5-8-6-7;7-6(9)5-2-1-3-8-4-5;1-6-3-2-4-7-5-6/h8H,3-6H2,1-2H3;5,8H,1-4H2,(H2,7,9);6-7H,2-5H2,1H3. The molecule has 3 heterocycles. The molecule has 24 heavy (non-hydrogen) atoms. The minimum atomic E-state index is -0.165. The molecule has 0 radical (unpaired) electrons. The summed E-state index contributed by atoms with van der Waals surface area (Å²) in [7, 11) is 0.